The summed E-state index contributed by atoms with van der Waals surface area (Å²) in [5, 5.41) is 7.72. The molecule has 3 N–H and O–H groups in total. The van der Waals surface area contributed by atoms with Crippen molar-refractivity contribution >= 4 is 45.2 Å². The summed E-state index contributed by atoms with van der Waals surface area (Å²) in [5.74, 6) is -2.62. The van der Waals surface area contributed by atoms with E-state index >= 15 is 0 Å². The predicted octanol–water partition coefficient (Wildman–Crippen LogP) is 4.25. The van der Waals surface area contributed by atoms with Gasteiger partial charge in [-0.25, -0.2) is 18.2 Å². The lowest BCUT2D eigenvalue weighted by atomic mass is 9.85. The Balaban J connectivity index is 1.26. The normalized spacial score (nSPS) is 26.1. The van der Waals surface area contributed by atoms with Crippen molar-refractivity contribution in [3.8, 4) is 11.3 Å². The molecular weight excluding hydrogens is 667 g/mol. The third kappa shape index (κ3) is 7.54. The van der Waals surface area contributed by atoms with Gasteiger partial charge in [0, 0.05) is 29.3 Å². The molecule has 0 unspecified atom stereocenters. The second-order valence-electron chi connectivity index (χ2n) is 14.8. The minimum absolute atomic E-state index is 0.157. The van der Waals surface area contributed by atoms with E-state index in [1.54, 1.807) is 0 Å². The maximum Gasteiger partial charge on any atom is 0.408 e. The molecular formula is C35H45N5O7S2. The van der Waals surface area contributed by atoms with Gasteiger partial charge in [0.15, 0.2) is 0 Å². The zero-order valence-corrected chi connectivity index (χ0v) is 29.8. The largest absolute Gasteiger partial charge is 0.446 e. The Morgan fingerprint density at radius 3 is 2.41 bits per heavy atom. The van der Waals surface area contributed by atoms with Crippen LogP contribution in [0.25, 0.3) is 11.3 Å². The summed E-state index contributed by atoms with van der Waals surface area (Å²) >= 11 is 1.45. The van der Waals surface area contributed by atoms with E-state index < -0.39 is 68.0 Å². The lowest BCUT2D eigenvalue weighted by molar-refractivity contribution is -0.142. The van der Waals surface area contributed by atoms with Crippen molar-refractivity contribution in [2.45, 2.75) is 107 Å². The van der Waals surface area contributed by atoms with Crippen LogP contribution in [0.3, 0.4) is 0 Å². The molecule has 4 amide bonds. The van der Waals surface area contributed by atoms with Crippen LogP contribution in [0.4, 0.5) is 4.79 Å². The Hall–Kier alpha value is -3.78. The van der Waals surface area contributed by atoms with E-state index in [1.807, 2.05) is 56.5 Å². The van der Waals surface area contributed by atoms with Gasteiger partial charge in [-0.15, -0.1) is 17.9 Å². The molecule has 1 aliphatic heterocycles. The van der Waals surface area contributed by atoms with Crippen molar-refractivity contribution in [1.82, 2.24) is 25.2 Å². The Labute approximate surface area is 291 Å². The number of thiazole rings is 1. The number of nitrogens with one attached hydrogen (secondary N) is 3. The highest BCUT2D eigenvalue weighted by molar-refractivity contribution is 7.91. The molecule has 49 heavy (non-hydrogen) atoms. The maximum atomic E-state index is 14.5. The molecule has 264 valence electrons. The lowest BCUT2D eigenvalue weighted by Gasteiger charge is -2.35. The van der Waals surface area contributed by atoms with Gasteiger partial charge in [0.1, 0.15) is 23.7 Å². The smallest absolute Gasteiger partial charge is 0.408 e. The second-order valence-corrected chi connectivity index (χ2v) is 17.7. The van der Waals surface area contributed by atoms with E-state index in [0.29, 0.717) is 12.8 Å². The average molecular weight is 712 g/mol. The van der Waals surface area contributed by atoms with Crippen LogP contribution in [0, 0.1) is 11.3 Å². The van der Waals surface area contributed by atoms with Gasteiger partial charge < -0.3 is 20.3 Å². The molecule has 4 aliphatic rings. The van der Waals surface area contributed by atoms with E-state index in [-0.39, 0.29) is 31.4 Å². The van der Waals surface area contributed by atoms with Crippen molar-refractivity contribution in [2.75, 3.05) is 6.54 Å². The fourth-order valence-corrected chi connectivity index (χ4v) is 9.17. The van der Waals surface area contributed by atoms with Crippen LogP contribution < -0.4 is 15.4 Å². The van der Waals surface area contributed by atoms with Gasteiger partial charge in [-0.3, -0.25) is 19.1 Å². The van der Waals surface area contributed by atoms with Crippen LogP contribution in [0.15, 0.2) is 48.4 Å². The second kappa shape index (κ2) is 13.5. The number of sulfonamides is 1. The zero-order valence-electron chi connectivity index (χ0n) is 28.1. The van der Waals surface area contributed by atoms with Gasteiger partial charge in [0.2, 0.25) is 21.8 Å². The average Bonchev–Trinajstić information content (AvgIpc) is 3.82. The van der Waals surface area contributed by atoms with Gasteiger partial charge >= 0.3 is 6.09 Å². The van der Waals surface area contributed by atoms with Crippen molar-refractivity contribution in [2.24, 2.45) is 11.3 Å². The fourth-order valence-electron chi connectivity index (χ4n) is 6.87. The SMILES string of the molecule is C=C[C@@H]1C[C@]1(NC(=O)[C@@H]1C[C@@H](c2nc(-c3ccccc3)cs2)CN1C(=O)[C@@H](NC(=O)OC1CCCC1)C(C)(C)C)C(=O)NS(=O)(=O)C1CC1. The van der Waals surface area contributed by atoms with Crippen molar-refractivity contribution in [3.63, 3.8) is 0 Å². The van der Waals surface area contributed by atoms with E-state index in [9.17, 15) is 27.6 Å². The number of benzene rings is 1. The third-order valence-corrected chi connectivity index (χ3v) is 12.9. The number of hydrogen-bond donors (Lipinski definition) is 3. The Bertz CT molecular complexity index is 1710. The van der Waals surface area contributed by atoms with Crippen LogP contribution in [0.5, 0.6) is 0 Å². The summed E-state index contributed by atoms with van der Waals surface area (Å²) in [6, 6.07) is 7.67. The molecule has 3 aliphatic carbocycles. The molecule has 3 saturated carbocycles. The van der Waals surface area contributed by atoms with E-state index in [0.717, 1.165) is 41.9 Å². The van der Waals surface area contributed by atoms with E-state index in [2.05, 4.69) is 21.9 Å². The number of hydrogen-bond acceptors (Lipinski definition) is 9. The maximum absolute atomic E-state index is 14.5. The molecule has 6 rings (SSSR count). The van der Waals surface area contributed by atoms with Crippen molar-refractivity contribution in [1.29, 1.82) is 0 Å². The first-order valence-corrected chi connectivity index (χ1v) is 19.4. The minimum atomic E-state index is -3.86. The number of rotatable bonds is 11. The molecule has 14 heteroatoms. The molecule has 0 bridgehead atoms. The summed E-state index contributed by atoms with van der Waals surface area (Å²) in [6.07, 6.45) is 5.53. The molecule has 12 nitrogen and oxygen atoms in total. The summed E-state index contributed by atoms with van der Waals surface area (Å²) < 4.78 is 33.1. The number of amides is 4. The number of likely N-dealkylation sites (tertiary alicyclic amines) is 1. The van der Waals surface area contributed by atoms with Crippen molar-refractivity contribution < 1.29 is 32.3 Å². The first-order chi connectivity index (χ1) is 23.2. The van der Waals surface area contributed by atoms with Gasteiger partial charge in [0.05, 0.1) is 16.0 Å². The molecule has 4 fully saturated rings. The monoisotopic (exact) mass is 711 g/mol. The minimum Gasteiger partial charge on any atom is -0.446 e. The number of nitrogens with zero attached hydrogens (tertiary/aromatic N) is 2. The molecule has 1 aromatic heterocycles. The lowest BCUT2D eigenvalue weighted by Crippen LogP contribution is -2.60. The van der Waals surface area contributed by atoms with E-state index in [4.69, 9.17) is 9.72 Å². The van der Waals surface area contributed by atoms with Crippen LogP contribution in [0.2, 0.25) is 0 Å². The van der Waals surface area contributed by atoms with Gasteiger partial charge in [-0.05, 0) is 56.8 Å². The van der Waals surface area contributed by atoms with Gasteiger partial charge in [0.25, 0.3) is 5.91 Å². The molecule has 1 aromatic carbocycles. The number of carbonyl (C=O) groups excluding carboxylic acids is 4. The number of aromatic nitrogens is 1. The Kier molecular flexibility index (Phi) is 9.66. The van der Waals surface area contributed by atoms with Crippen LogP contribution >= 0.6 is 11.3 Å². The number of ether oxygens (including phenoxy) is 1. The highest BCUT2D eigenvalue weighted by Gasteiger charge is 2.62. The third-order valence-electron chi connectivity index (χ3n) is 10.0. The molecule has 5 atom stereocenters. The molecule has 1 saturated heterocycles. The summed E-state index contributed by atoms with van der Waals surface area (Å²) in [4.78, 5) is 61.5. The predicted molar refractivity (Wildman–Crippen MR) is 185 cm³/mol. The van der Waals surface area contributed by atoms with Crippen molar-refractivity contribution in [3.05, 3.63) is 53.4 Å². The van der Waals surface area contributed by atoms with E-state index in [1.165, 1.54) is 22.3 Å². The van der Waals surface area contributed by atoms with Crippen LogP contribution in [-0.2, 0) is 29.1 Å². The topological polar surface area (TPSA) is 164 Å². The highest BCUT2D eigenvalue weighted by Crippen LogP contribution is 2.46. The molecule has 0 spiro atoms. The Morgan fingerprint density at radius 1 is 1.10 bits per heavy atom. The fraction of sp³-hybridized carbons (Fsp3) is 0.571. The summed E-state index contributed by atoms with van der Waals surface area (Å²) in [6.45, 7) is 9.44. The molecule has 0 radical (unpaired) electrons. The highest BCUT2D eigenvalue weighted by atomic mass is 32.2. The first-order valence-electron chi connectivity index (χ1n) is 17.0. The number of carbonyl (C=O) groups is 4. The van der Waals surface area contributed by atoms with Crippen LogP contribution in [-0.4, -0.2) is 77.6 Å². The Morgan fingerprint density at radius 2 is 1.80 bits per heavy atom. The zero-order chi connectivity index (χ0) is 35.1. The summed E-state index contributed by atoms with van der Waals surface area (Å²) in [5.41, 5.74) is -0.507. The first kappa shape index (κ1) is 35.1. The number of alkyl carbamates (subject to hydrolysis) is 1. The quantitative estimate of drug-likeness (QED) is 0.292. The molecule has 2 heterocycles. The van der Waals surface area contributed by atoms with Gasteiger partial charge in [-0.2, -0.15) is 0 Å². The summed E-state index contributed by atoms with van der Waals surface area (Å²) in [7, 11) is -3.86. The molecule has 2 aromatic rings. The standard InChI is InChI=1S/C35H45N5O7S2/c1-5-23-18-35(23,32(43)39-49(45,46)25-15-16-25)38-29(41)27-17-22(30-36-26(20-48-30)21-11-7-6-8-12-21)19-40(27)31(42)28(34(2,3)4)37-33(44)47-24-13-9-10-14-24/h5-8,11-12,20,22-25,27-28H,1,9-10,13-19H2,2-4H3,(H,37,44)(H,38,41)(H,39,43)/t22-,23-,27+,28-,35-/m1/s1. The van der Waals surface area contributed by atoms with Gasteiger partial charge in [-0.1, -0.05) is 57.2 Å². The van der Waals surface area contributed by atoms with Crippen LogP contribution in [0.1, 0.15) is 83.1 Å².